The van der Waals surface area contributed by atoms with Crippen molar-refractivity contribution in [3.8, 4) is 0 Å². The lowest BCUT2D eigenvalue weighted by Crippen LogP contribution is -2.23. The lowest BCUT2D eigenvalue weighted by Gasteiger charge is -2.18. The van der Waals surface area contributed by atoms with Crippen LogP contribution >= 0.6 is 0 Å². The van der Waals surface area contributed by atoms with Gasteiger partial charge in [-0.2, -0.15) is 13.2 Å². The summed E-state index contributed by atoms with van der Waals surface area (Å²) in [7, 11) is 0. The molecule has 2 aromatic rings. The van der Waals surface area contributed by atoms with Gasteiger partial charge in [-0.1, -0.05) is 19.1 Å². The zero-order valence-corrected chi connectivity index (χ0v) is 11.3. The monoisotopic (exact) mass is 298 g/mol. The van der Waals surface area contributed by atoms with Gasteiger partial charge in [0.1, 0.15) is 5.82 Å². The first-order valence-electron chi connectivity index (χ1n) is 6.44. The van der Waals surface area contributed by atoms with Crippen LogP contribution in [0.15, 0.2) is 42.6 Å². The maximum absolute atomic E-state index is 13.0. The molecule has 1 N–H and O–H groups in total. The summed E-state index contributed by atoms with van der Waals surface area (Å²) in [5, 5.41) is 3.13. The van der Waals surface area contributed by atoms with Gasteiger partial charge >= 0.3 is 6.18 Å². The number of aromatic nitrogens is 1. The number of nitrogens with zero attached hydrogens (tertiary/aromatic N) is 1. The van der Waals surface area contributed by atoms with E-state index in [0.717, 1.165) is 17.8 Å². The minimum absolute atomic E-state index is 0.366. The van der Waals surface area contributed by atoms with Crippen LogP contribution in [0.2, 0.25) is 0 Å². The van der Waals surface area contributed by atoms with Gasteiger partial charge in [0.05, 0.1) is 17.3 Å². The average Bonchev–Trinajstić information content (AvgIpc) is 2.45. The van der Waals surface area contributed by atoms with Crippen LogP contribution in [-0.4, -0.2) is 11.5 Å². The number of halogens is 4. The summed E-state index contributed by atoms with van der Waals surface area (Å²) in [6.07, 6.45) is -3.60. The molecule has 6 heteroatoms. The lowest BCUT2D eigenvalue weighted by atomic mass is 10.0. The summed E-state index contributed by atoms with van der Waals surface area (Å²) in [6, 6.07) is 7.74. The predicted octanol–water partition coefficient (Wildman–Crippen LogP) is 3.94. The molecule has 112 valence electrons. The SMILES string of the molecule is CCNC(c1ccc(F)cc1)c1ccc(C(F)(F)F)cn1. The minimum Gasteiger partial charge on any atom is -0.305 e. The molecule has 0 fully saturated rings. The van der Waals surface area contributed by atoms with Crippen molar-refractivity contribution in [2.45, 2.75) is 19.1 Å². The zero-order valence-electron chi connectivity index (χ0n) is 11.3. The van der Waals surface area contributed by atoms with E-state index in [9.17, 15) is 17.6 Å². The van der Waals surface area contributed by atoms with Crippen molar-refractivity contribution in [1.29, 1.82) is 0 Å². The highest BCUT2D eigenvalue weighted by atomic mass is 19.4. The largest absolute Gasteiger partial charge is 0.417 e. The number of rotatable bonds is 4. The van der Waals surface area contributed by atoms with E-state index in [0.29, 0.717) is 12.2 Å². The van der Waals surface area contributed by atoms with Gasteiger partial charge in [-0.3, -0.25) is 4.98 Å². The Morgan fingerprint density at radius 1 is 1.10 bits per heavy atom. The Hall–Kier alpha value is -1.95. The van der Waals surface area contributed by atoms with Gasteiger partial charge < -0.3 is 5.32 Å². The van der Waals surface area contributed by atoms with Crippen molar-refractivity contribution in [2.24, 2.45) is 0 Å². The third-order valence-electron chi connectivity index (χ3n) is 3.02. The van der Waals surface area contributed by atoms with Gasteiger partial charge in [0.2, 0.25) is 0 Å². The summed E-state index contributed by atoms with van der Waals surface area (Å²) in [4.78, 5) is 3.89. The maximum atomic E-state index is 13.0. The zero-order chi connectivity index (χ0) is 15.5. The molecule has 1 aromatic carbocycles. The number of hydrogen-bond acceptors (Lipinski definition) is 2. The number of nitrogens with one attached hydrogen (secondary N) is 1. The van der Waals surface area contributed by atoms with Crippen molar-refractivity contribution in [3.63, 3.8) is 0 Å². The van der Waals surface area contributed by atoms with E-state index < -0.39 is 11.7 Å². The molecule has 0 bridgehead atoms. The van der Waals surface area contributed by atoms with E-state index in [2.05, 4.69) is 10.3 Å². The highest BCUT2D eigenvalue weighted by Gasteiger charge is 2.31. The highest BCUT2D eigenvalue weighted by Crippen LogP contribution is 2.29. The standard InChI is InChI=1S/C15H14F4N2/c1-2-20-14(10-3-6-12(16)7-4-10)13-8-5-11(9-21-13)15(17,18)19/h3-9,14,20H,2H2,1H3. The third-order valence-corrected chi connectivity index (χ3v) is 3.02. The first-order chi connectivity index (χ1) is 9.91. The molecule has 2 nitrogen and oxygen atoms in total. The molecule has 0 aliphatic heterocycles. The fraction of sp³-hybridized carbons (Fsp3) is 0.267. The van der Waals surface area contributed by atoms with Gasteiger partial charge in [0.25, 0.3) is 0 Å². The van der Waals surface area contributed by atoms with E-state index >= 15 is 0 Å². The van der Waals surface area contributed by atoms with Crippen LogP contribution in [0.4, 0.5) is 17.6 Å². The van der Waals surface area contributed by atoms with Crippen LogP contribution in [0.3, 0.4) is 0 Å². The molecule has 0 saturated carbocycles. The van der Waals surface area contributed by atoms with E-state index in [4.69, 9.17) is 0 Å². The molecular weight excluding hydrogens is 284 g/mol. The van der Waals surface area contributed by atoms with E-state index in [1.54, 1.807) is 12.1 Å². The molecule has 2 rings (SSSR count). The molecule has 0 aliphatic carbocycles. The quantitative estimate of drug-likeness (QED) is 0.865. The molecule has 1 aromatic heterocycles. The van der Waals surface area contributed by atoms with Gasteiger partial charge in [-0.05, 0) is 36.4 Å². The molecule has 0 amide bonds. The van der Waals surface area contributed by atoms with Crippen LogP contribution in [0.25, 0.3) is 0 Å². The van der Waals surface area contributed by atoms with Crippen LogP contribution in [0, 0.1) is 5.82 Å². The summed E-state index contributed by atoms with van der Waals surface area (Å²) in [5.41, 5.74) is 0.405. The van der Waals surface area contributed by atoms with Crippen molar-refractivity contribution < 1.29 is 17.6 Å². The molecule has 0 aliphatic rings. The van der Waals surface area contributed by atoms with Crippen molar-refractivity contribution in [3.05, 3.63) is 65.2 Å². The number of benzene rings is 1. The molecule has 0 saturated heterocycles. The van der Waals surface area contributed by atoms with Gasteiger partial charge in [-0.15, -0.1) is 0 Å². The smallest absolute Gasteiger partial charge is 0.305 e. The molecule has 1 heterocycles. The average molecular weight is 298 g/mol. The number of alkyl halides is 3. The molecule has 0 spiro atoms. The molecule has 0 radical (unpaired) electrons. The number of hydrogen-bond donors (Lipinski definition) is 1. The normalized spacial score (nSPS) is 13.2. The third kappa shape index (κ3) is 3.78. The first kappa shape index (κ1) is 15.4. The fourth-order valence-electron chi connectivity index (χ4n) is 2.00. The van der Waals surface area contributed by atoms with Gasteiger partial charge in [0.15, 0.2) is 0 Å². The Bertz CT molecular complexity index is 576. The molecular formula is C15H14F4N2. The maximum Gasteiger partial charge on any atom is 0.417 e. The van der Waals surface area contributed by atoms with Crippen LogP contribution in [0.5, 0.6) is 0 Å². The van der Waals surface area contributed by atoms with E-state index in [-0.39, 0.29) is 11.9 Å². The second-order valence-corrected chi connectivity index (χ2v) is 4.51. The molecule has 1 atom stereocenters. The molecule has 21 heavy (non-hydrogen) atoms. The Labute approximate surface area is 119 Å². The highest BCUT2D eigenvalue weighted by molar-refractivity contribution is 5.29. The van der Waals surface area contributed by atoms with E-state index in [1.807, 2.05) is 6.92 Å². The second-order valence-electron chi connectivity index (χ2n) is 4.51. The summed E-state index contributed by atoms with van der Waals surface area (Å²) < 4.78 is 50.6. The Kier molecular flexibility index (Phi) is 4.57. The molecule has 1 unspecified atom stereocenters. The first-order valence-corrected chi connectivity index (χ1v) is 6.44. The van der Waals surface area contributed by atoms with Crippen molar-refractivity contribution in [1.82, 2.24) is 10.3 Å². The summed E-state index contributed by atoms with van der Waals surface area (Å²) >= 11 is 0. The van der Waals surface area contributed by atoms with Gasteiger partial charge in [0, 0.05) is 6.20 Å². The van der Waals surface area contributed by atoms with E-state index in [1.165, 1.54) is 18.2 Å². The van der Waals surface area contributed by atoms with Crippen LogP contribution in [-0.2, 0) is 6.18 Å². The van der Waals surface area contributed by atoms with Gasteiger partial charge in [-0.25, -0.2) is 4.39 Å². The fourth-order valence-corrected chi connectivity index (χ4v) is 2.00. The summed E-state index contributed by atoms with van der Waals surface area (Å²) in [6.45, 7) is 2.48. The van der Waals surface area contributed by atoms with Crippen LogP contribution in [0.1, 0.15) is 29.8 Å². The summed E-state index contributed by atoms with van der Waals surface area (Å²) in [5.74, 6) is -0.366. The second kappa shape index (κ2) is 6.22. The Morgan fingerprint density at radius 2 is 1.76 bits per heavy atom. The Balaban J connectivity index is 2.32. The number of pyridine rings is 1. The topological polar surface area (TPSA) is 24.9 Å². The minimum atomic E-state index is -4.41. The van der Waals surface area contributed by atoms with Crippen molar-refractivity contribution in [2.75, 3.05) is 6.54 Å². The van der Waals surface area contributed by atoms with Crippen molar-refractivity contribution >= 4 is 0 Å². The van der Waals surface area contributed by atoms with Crippen LogP contribution < -0.4 is 5.32 Å². The lowest BCUT2D eigenvalue weighted by molar-refractivity contribution is -0.137. The Morgan fingerprint density at radius 3 is 2.24 bits per heavy atom. The predicted molar refractivity (Wildman–Crippen MR) is 71.2 cm³/mol.